The van der Waals surface area contributed by atoms with Gasteiger partial charge in [-0.05, 0) is 68.4 Å². The van der Waals surface area contributed by atoms with Crippen molar-refractivity contribution in [3.63, 3.8) is 0 Å². The second kappa shape index (κ2) is 8.80. The minimum Gasteiger partial charge on any atom is -0.497 e. The lowest BCUT2D eigenvalue weighted by Gasteiger charge is -2.14. The van der Waals surface area contributed by atoms with Gasteiger partial charge in [-0.2, -0.15) is 0 Å². The zero-order valence-corrected chi connectivity index (χ0v) is 18.0. The van der Waals surface area contributed by atoms with Gasteiger partial charge in [0.1, 0.15) is 5.75 Å². The number of rotatable bonds is 6. The second-order valence-corrected chi connectivity index (χ2v) is 7.97. The number of nitrogens with one attached hydrogen (secondary N) is 2. The van der Waals surface area contributed by atoms with E-state index in [1.165, 1.54) is 0 Å². The van der Waals surface area contributed by atoms with Crippen molar-refractivity contribution in [3.05, 3.63) is 60.8 Å². The number of aromatic amines is 1. The van der Waals surface area contributed by atoms with Crippen molar-refractivity contribution in [2.45, 2.75) is 12.8 Å². The van der Waals surface area contributed by atoms with Crippen LogP contribution >= 0.6 is 0 Å². The molecule has 162 valence electrons. The zero-order valence-electron chi connectivity index (χ0n) is 18.0. The number of methoxy groups -OCH3 is 1. The van der Waals surface area contributed by atoms with Crippen LogP contribution in [0.4, 0.5) is 5.95 Å². The van der Waals surface area contributed by atoms with Crippen molar-refractivity contribution in [3.8, 4) is 28.3 Å². The summed E-state index contributed by atoms with van der Waals surface area (Å²) in [5, 5.41) is 3.99. The molecular weight excluding hydrogens is 402 g/mol. The summed E-state index contributed by atoms with van der Waals surface area (Å²) in [5.41, 5.74) is 4.43. The fourth-order valence-electron chi connectivity index (χ4n) is 4.17. The highest BCUT2D eigenvalue weighted by atomic mass is 16.5. The average Bonchev–Trinajstić information content (AvgIpc) is 3.50. The Morgan fingerprint density at radius 3 is 2.62 bits per heavy atom. The topological polar surface area (TPSA) is 83.1 Å². The van der Waals surface area contributed by atoms with Crippen LogP contribution in [0.25, 0.3) is 33.4 Å². The van der Waals surface area contributed by atoms with Crippen LogP contribution in [0.2, 0.25) is 0 Å². The van der Waals surface area contributed by atoms with E-state index in [-0.39, 0.29) is 5.91 Å². The largest absolute Gasteiger partial charge is 0.497 e. The maximum Gasteiger partial charge on any atom is 0.240 e. The molecule has 0 atom stereocenters. The van der Waals surface area contributed by atoms with E-state index in [1.807, 2.05) is 60.8 Å². The van der Waals surface area contributed by atoms with Crippen molar-refractivity contribution in [2.24, 2.45) is 0 Å². The molecule has 2 aromatic heterocycles. The van der Waals surface area contributed by atoms with Crippen LogP contribution < -0.4 is 10.1 Å². The highest BCUT2D eigenvalue weighted by molar-refractivity contribution is 5.95. The number of carbonyl (C=O) groups excluding carboxylic acids is 1. The quantitative estimate of drug-likeness (QED) is 0.478. The fraction of sp³-hybridized carbons (Fsp3) is 0.240. The molecule has 0 radical (unpaired) electrons. The third kappa shape index (κ3) is 4.20. The van der Waals surface area contributed by atoms with Crippen molar-refractivity contribution < 1.29 is 9.53 Å². The van der Waals surface area contributed by atoms with Crippen molar-refractivity contribution >= 4 is 22.8 Å². The molecule has 2 N–H and O–H groups in total. The number of fused-ring (bicyclic) bond motifs is 1. The molecule has 0 aliphatic carbocycles. The van der Waals surface area contributed by atoms with Crippen LogP contribution in [0.15, 0.2) is 60.8 Å². The number of hydrogen-bond donors (Lipinski definition) is 2. The Bertz CT molecular complexity index is 1240. The van der Waals surface area contributed by atoms with Crippen LogP contribution in [0.1, 0.15) is 12.8 Å². The van der Waals surface area contributed by atoms with Gasteiger partial charge in [0, 0.05) is 28.2 Å². The highest BCUT2D eigenvalue weighted by Crippen LogP contribution is 2.31. The van der Waals surface area contributed by atoms with Crippen LogP contribution in [-0.2, 0) is 4.79 Å². The van der Waals surface area contributed by atoms with Gasteiger partial charge >= 0.3 is 0 Å². The summed E-state index contributed by atoms with van der Waals surface area (Å²) in [4.78, 5) is 27.4. The van der Waals surface area contributed by atoms with Gasteiger partial charge in [0.15, 0.2) is 0 Å². The molecular formula is C25H25N5O2. The summed E-state index contributed by atoms with van der Waals surface area (Å²) >= 11 is 0. The predicted octanol–water partition coefficient (Wildman–Crippen LogP) is 4.33. The van der Waals surface area contributed by atoms with E-state index in [0.717, 1.165) is 65.1 Å². The minimum absolute atomic E-state index is 0.0930. The number of benzene rings is 2. The third-order valence-electron chi connectivity index (χ3n) is 5.80. The molecule has 1 aliphatic heterocycles. The van der Waals surface area contributed by atoms with Crippen LogP contribution in [0, 0.1) is 0 Å². The van der Waals surface area contributed by atoms with Crippen molar-refractivity contribution in [1.82, 2.24) is 19.9 Å². The molecule has 0 spiro atoms. The Kier molecular flexibility index (Phi) is 5.56. The summed E-state index contributed by atoms with van der Waals surface area (Å²) in [6.45, 7) is 2.28. The molecule has 0 unspecified atom stereocenters. The molecule has 3 heterocycles. The highest BCUT2D eigenvalue weighted by Gasteiger charge is 2.17. The maximum absolute atomic E-state index is 12.7. The number of aromatic nitrogens is 3. The van der Waals surface area contributed by atoms with E-state index in [2.05, 4.69) is 20.2 Å². The number of nitrogens with zero attached hydrogens (tertiary/aromatic N) is 3. The van der Waals surface area contributed by atoms with Crippen molar-refractivity contribution in [2.75, 3.05) is 32.1 Å². The van der Waals surface area contributed by atoms with E-state index >= 15 is 0 Å². The van der Waals surface area contributed by atoms with Gasteiger partial charge in [-0.1, -0.05) is 12.1 Å². The van der Waals surface area contributed by atoms with E-state index in [0.29, 0.717) is 12.5 Å². The minimum atomic E-state index is -0.0930. The third-order valence-corrected chi connectivity index (χ3v) is 5.80. The number of anilines is 1. The lowest BCUT2D eigenvalue weighted by Crippen LogP contribution is -2.31. The summed E-state index contributed by atoms with van der Waals surface area (Å²) < 4.78 is 5.28. The number of carbonyl (C=O) groups is 1. The molecule has 7 nitrogen and oxygen atoms in total. The van der Waals surface area contributed by atoms with Gasteiger partial charge in [-0.25, -0.2) is 9.97 Å². The molecule has 0 bridgehead atoms. The van der Waals surface area contributed by atoms with Crippen LogP contribution in [-0.4, -0.2) is 52.5 Å². The van der Waals surface area contributed by atoms with Gasteiger partial charge < -0.3 is 9.72 Å². The van der Waals surface area contributed by atoms with Gasteiger partial charge in [0.2, 0.25) is 11.9 Å². The molecule has 1 saturated heterocycles. The number of H-pyrrole nitrogens is 1. The summed E-state index contributed by atoms with van der Waals surface area (Å²) in [5.74, 6) is 0.994. The van der Waals surface area contributed by atoms with E-state index in [4.69, 9.17) is 9.72 Å². The van der Waals surface area contributed by atoms with Crippen molar-refractivity contribution in [1.29, 1.82) is 0 Å². The van der Waals surface area contributed by atoms with Crippen LogP contribution in [0.5, 0.6) is 5.75 Å². The van der Waals surface area contributed by atoms with E-state index in [9.17, 15) is 4.79 Å². The van der Waals surface area contributed by atoms with Crippen LogP contribution in [0.3, 0.4) is 0 Å². The molecule has 1 aliphatic rings. The van der Waals surface area contributed by atoms with Gasteiger partial charge in [-0.15, -0.1) is 0 Å². The first-order valence-electron chi connectivity index (χ1n) is 10.8. The summed E-state index contributed by atoms with van der Waals surface area (Å²) in [6.07, 6.45) is 4.20. The fourth-order valence-corrected chi connectivity index (χ4v) is 4.17. The second-order valence-electron chi connectivity index (χ2n) is 7.97. The average molecular weight is 428 g/mol. The zero-order chi connectivity index (χ0) is 21.9. The summed E-state index contributed by atoms with van der Waals surface area (Å²) in [7, 11) is 1.64. The molecule has 1 amide bonds. The Morgan fingerprint density at radius 2 is 1.84 bits per heavy atom. The summed E-state index contributed by atoms with van der Waals surface area (Å²) in [6, 6.07) is 17.8. The number of likely N-dealkylation sites (tertiary alicyclic amines) is 1. The first-order valence-corrected chi connectivity index (χ1v) is 10.8. The first-order chi connectivity index (χ1) is 15.7. The number of ether oxygens (including phenoxy) is 1. The standard InChI is InChI=1S/C25H25N5O2/c1-32-18-9-7-17(8-10-18)22-15-23(19-5-4-6-21-20(19)11-12-26-21)28-25(27-22)29-24(31)16-30-13-2-3-14-30/h4-12,15,26H,2-3,13-14,16H2,1H3,(H,27,28,29,31). The first kappa shape index (κ1) is 20.2. The van der Waals surface area contributed by atoms with E-state index < -0.39 is 0 Å². The Hall–Kier alpha value is -3.71. The Morgan fingerprint density at radius 1 is 1.06 bits per heavy atom. The van der Waals surface area contributed by atoms with Gasteiger partial charge in [0.25, 0.3) is 0 Å². The maximum atomic E-state index is 12.7. The SMILES string of the molecule is COc1ccc(-c2cc(-c3cccc4[nH]ccc34)nc(NC(=O)CN3CCCC3)n2)cc1. The lowest BCUT2D eigenvalue weighted by atomic mass is 10.0. The number of amides is 1. The smallest absolute Gasteiger partial charge is 0.240 e. The molecule has 1 fully saturated rings. The van der Waals surface area contributed by atoms with Gasteiger partial charge in [0.05, 0.1) is 25.0 Å². The Balaban J connectivity index is 1.53. The molecule has 0 saturated carbocycles. The molecule has 2 aromatic carbocycles. The lowest BCUT2D eigenvalue weighted by molar-refractivity contribution is -0.117. The van der Waals surface area contributed by atoms with Gasteiger partial charge in [-0.3, -0.25) is 15.0 Å². The number of hydrogen-bond acceptors (Lipinski definition) is 5. The normalized spacial score (nSPS) is 14.0. The monoisotopic (exact) mass is 427 g/mol. The molecule has 32 heavy (non-hydrogen) atoms. The Labute approximate surface area is 186 Å². The molecule has 7 heteroatoms. The predicted molar refractivity (Wildman–Crippen MR) is 126 cm³/mol. The molecule has 5 rings (SSSR count). The van der Waals surface area contributed by atoms with E-state index in [1.54, 1.807) is 7.11 Å². The molecule has 4 aromatic rings.